The van der Waals surface area contributed by atoms with Crippen molar-refractivity contribution in [2.75, 3.05) is 0 Å². The van der Waals surface area contributed by atoms with Crippen LogP contribution in [0, 0.1) is 12.8 Å². The average Bonchev–Trinajstić information content (AvgIpc) is 2.61. The van der Waals surface area contributed by atoms with Crippen LogP contribution in [-0.4, -0.2) is 21.0 Å². The van der Waals surface area contributed by atoms with E-state index in [1.165, 1.54) is 4.68 Å². The molecular formula is C12H20N2O3. The van der Waals surface area contributed by atoms with Gasteiger partial charge in [0, 0.05) is 6.92 Å². The van der Waals surface area contributed by atoms with Crippen molar-refractivity contribution < 1.29 is 9.52 Å². The quantitative estimate of drug-likeness (QED) is 0.872. The first-order chi connectivity index (χ1) is 8.11. The van der Waals surface area contributed by atoms with Gasteiger partial charge in [-0.15, -0.1) is 5.10 Å². The van der Waals surface area contributed by atoms with Gasteiger partial charge in [0.25, 0.3) is 0 Å². The van der Waals surface area contributed by atoms with Crippen LogP contribution in [0.2, 0.25) is 0 Å². The van der Waals surface area contributed by atoms with Crippen molar-refractivity contribution in [1.29, 1.82) is 0 Å². The summed E-state index contributed by atoms with van der Waals surface area (Å²) in [5.74, 6) is 0.415. The minimum atomic E-state index is -0.400. The number of aliphatic hydroxyl groups excluding tert-OH is 1. The minimum Gasteiger partial charge on any atom is -0.393 e. The molecule has 1 fully saturated rings. The van der Waals surface area contributed by atoms with Gasteiger partial charge in [-0.1, -0.05) is 13.3 Å². The van der Waals surface area contributed by atoms with Crippen molar-refractivity contribution in [3.05, 3.63) is 16.4 Å². The molecule has 0 radical (unpaired) electrons. The van der Waals surface area contributed by atoms with Gasteiger partial charge in [0.1, 0.15) is 0 Å². The van der Waals surface area contributed by atoms with Crippen molar-refractivity contribution in [1.82, 2.24) is 9.78 Å². The number of aliphatic hydroxyl groups is 1. The summed E-state index contributed by atoms with van der Waals surface area (Å²) < 4.78 is 6.37. The molecule has 0 spiro atoms. The monoisotopic (exact) mass is 240 g/mol. The van der Waals surface area contributed by atoms with Crippen LogP contribution in [-0.2, 0) is 0 Å². The van der Waals surface area contributed by atoms with Crippen molar-refractivity contribution >= 4 is 0 Å². The first-order valence-corrected chi connectivity index (χ1v) is 6.36. The Balaban J connectivity index is 2.25. The lowest BCUT2D eigenvalue weighted by Gasteiger charge is -2.33. The topological polar surface area (TPSA) is 68.3 Å². The number of nitrogens with zero attached hydrogens (tertiary/aromatic N) is 2. The van der Waals surface area contributed by atoms with Crippen LogP contribution in [0.1, 0.15) is 51.0 Å². The van der Waals surface area contributed by atoms with Crippen LogP contribution < -0.4 is 5.76 Å². The predicted octanol–water partition coefficient (Wildman–Crippen LogP) is 1.65. The summed E-state index contributed by atoms with van der Waals surface area (Å²) in [6, 6.07) is -0.0105. The number of aromatic nitrogens is 2. The molecule has 1 saturated carbocycles. The summed E-state index contributed by atoms with van der Waals surface area (Å²) in [4.78, 5) is 11.6. The van der Waals surface area contributed by atoms with Gasteiger partial charge in [-0.05, 0) is 31.6 Å². The molecule has 3 unspecified atom stereocenters. The molecule has 1 N–H and O–H groups in total. The van der Waals surface area contributed by atoms with Crippen molar-refractivity contribution in [2.24, 2.45) is 5.92 Å². The maximum Gasteiger partial charge on any atom is 0.437 e. The molecule has 0 aliphatic heterocycles. The molecule has 0 aromatic carbocycles. The lowest BCUT2D eigenvalue weighted by Crippen LogP contribution is -2.35. The zero-order valence-electron chi connectivity index (χ0n) is 10.4. The minimum absolute atomic E-state index is 0.0105. The first kappa shape index (κ1) is 12.4. The molecule has 0 saturated heterocycles. The zero-order valence-corrected chi connectivity index (χ0v) is 10.4. The van der Waals surface area contributed by atoms with Crippen LogP contribution in [0.15, 0.2) is 9.21 Å². The molecule has 5 heteroatoms. The third-order valence-corrected chi connectivity index (χ3v) is 3.57. The number of hydrogen-bond acceptors (Lipinski definition) is 4. The molecule has 5 nitrogen and oxygen atoms in total. The van der Waals surface area contributed by atoms with E-state index in [9.17, 15) is 9.90 Å². The van der Waals surface area contributed by atoms with E-state index in [0.717, 1.165) is 25.7 Å². The van der Waals surface area contributed by atoms with E-state index in [-0.39, 0.29) is 12.1 Å². The number of aryl methyl sites for hydroxylation is 1. The van der Waals surface area contributed by atoms with E-state index >= 15 is 0 Å². The molecular weight excluding hydrogens is 220 g/mol. The lowest BCUT2D eigenvalue weighted by molar-refractivity contribution is 0.0624. The molecule has 1 aliphatic rings. The predicted molar refractivity (Wildman–Crippen MR) is 62.8 cm³/mol. The molecule has 17 heavy (non-hydrogen) atoms. The van der Waals surface area contributed by atoms with E-state index < -0.39 is 5.76 Å². The highest BCUT2D eigenvalue weighted by atomic mass is 16.4. The number of rotatable bonds is 3. The molecule has 1 aliphatic carbocycles. The molecule has 0 amide bonds. The normalized spacial score (nSPS) is 29.5. The summed E-state index contributed by atoms with van der Waals surface area (Å²) >= 11 is 0. The first-order valence-electron chi connectivity index (χ1n) is 6.36. The van der Waals surface area contributed by atoms with Crippen LogP contribution in [0.5, 0.6) is 0 Å². The number of hydrogen-bond donors (Lipinski definition) is 1. The standard InChI is InChI=1S/C12H20N2O3/c1-3-4-9-5-6-10(15)7-11(9)14-12(16)17-8(2)13-14/h9-11,15H,3-7H2,1-2H3. The van der Waals surface area contributed by atoms with Crippen LogP contribution in [0.25, 0.3) is 0 Å². The van der Waals surface area contributed by atoms with Gasteiger partial charge in [0.15, 0.2) is 0 Å². The fourth-order valence-electron chi connectivity index (χ4n) is 2.79. The van der Waals surface area contributed by atoms with Crippen LogP contribution in [0.3, 0.4) is 0 Å². The van der Waals surface area contributed by atoms with Gasteiger partial charge in [-0.25, -0.2) is 4.79 Å². The Kier molecular flexibility index (Phi) is 3.66. The molecule has 96 valence electrons. The summed E-state index contributed by atoms with van der Waals surface area (Å²) in [7, 11) is 0. The molecule has 1 aromatic heterocycles. The van der Waals surface area contributed by atoms with Crippen molar-refractivity contribution in [3.8, 4) is 0 Å². The van der Waals surface area contributed by atoms with Crippen molar-refractivity contribution in [2.45, 2.75) is 58.1 Å². The van der Waals surface area contributed by atoms with Crippen LogP contribution >= 0.6 is 0 Å². The Morgan fingerprint density at radius 3 is 2.88 bits per heavy atom. The van der Waals surface area contributed by atoms with Gasteiger partial charge in [-0.3, -0.25) is 0 Å². The SMILES string of the molecule is CCCC1CCC(O)CC1n1nc(C)oc1=O. The van der Waals surface area contributed by atoms with Gasteiger partial charge in [-0.2, -0.15) is 4.68 Å². The van der Waals surface area contributed by atoms with Gasteiger partial charge in [0.05, 0.1) is 12.1 Å². The van der Waals surface area contributed by atoms with Gasteiger partial charge in [0.2, 0.25) is 5.89 Å². The molecule has 1 aromatic rings. The Morgan fingerprint density at radius 2 is 2.29 bits per heavy atom. The molecule has 3 atom stereocenters. The zero-order chi connectivity index (χ0) is 12.4. The van der Waals surface area contributed by atoms with E-state index in [4.69, 9.17) is 4.42 Å². The maximum absolute atomic E-state index is 11.6. The molecule has 0 bridgehead atoms. The Hall–Kier alpha value is -1.10. The highest BCUT2D eigenvalue weighted by Crippen LogP contribution is 2.35. The molecule has 2 rings (SSSR count). The Labute approximate surface area is 100 Å². The second-order valence-electron chi connectivity index (χ2n) is 4.91. The van der Waals surface area contributed by atoms with E-state index in [1.54, 1.807) is 6.92 Å². The second kappa shape index (κ2) is 5.04. The van der Waals surface area contributed by atoms with Crippen LogP contribution in [0.4, 0.5) is 0 Å². The third kappa shape index (κ3) is 2.60. The second-order valence-corrected chi connectivity index (χ2v) is 4.91. The summed E-state index contributed by atoms with van der Waals surface area (Å²) in [5, 5.41) is 13.9. The summed E-state index contributed by atoms with van der Waals surface area (Å²) in [6.07, 6.45) is 4.22. The van der Waals surface area contributed by atoms with Gasteiger partial charge >= 0.3 is 5.76 Å². The highest BCUT2D eigenvalue weighted by Gasteiger charge is 2.32. The maximum atomic E-state index is 11.6. The molecule has 1 heterocycles. The van der Waals surface area contributed by atoms with Crippen molar-refractivity contribution in [3.63, 3.8) is 0 Å². The lowest BCUT2D eigenvalue weighted by atomic mass is 9.80. The Bertz CT molecular complexity index is 424. The smallest absolute Gasteiger partial charge is 0.393 e. The summed E-state index contributed by atoms with van der Waals surface area (Å²) in [5.41, 5.74) is 0. The Morgan fingerprint density at radius 1 is 1.53 bits per heavy atom. The van der Waals surface area contributed by atoms with E-state index in [1.807, 2.05) is 0 Å². The fourth-order valence-corrected chi connectivity index (χ4v) is 2.79. The summed E-state index contributed by atoms with van der Waals surface area (Å²) in [6.45, 7) is 3.81. The highest BCUT2D eigenvalue weighted by molar-refractivity contribution is 4.85. The van der Waals surface area contributed by atoms with E-state index in [0.29, 0.717) is 18.2 Å². The third-order valence-electron chi connectivity index (χ3n) is 3.57. The fraction of sp³-hybridized carbons (Fsp3) is 0.833. The average molecular weight is 240 g/mol. The van der Waals surface area contributed by atoms with Gasteiger partial charge < -0.3 is 9.52 Å². The largest absolute Gasteiger partial charge is 0.437 e. The van der Waals surface area contributed by atoms with E-state index in [2.05, 4.69) is 12.0 Å².